The molecule has 4 nitrogen and oxygen atoms in total. The molecular formula is C27H31ClN4. The number of nitrogens with zero attached hydrogens (tertiary/aromatic N) is 4. The summed E-state index contributed by atoms with van der Waals surface area (Å²) < 4.78 is 0. The van der Waals surface area contributed by atoms with Crippen molar-refractivity contribution in [2.75, 3.05) is 37.6 Å². The lowest BCUT2D eigenvalue weighted by Crippen LogP contribution is -2.47. The number of allylic oxidation sites excluding steroid dienone is 1. The normalized spacial score (nSPS) is 19.5. The number of hydrogen-bond donors (Lipinski definition) is 0. The topological polar surface area (TPSA) is 32.3 Å². The van der Waals surface area contributed by atoms with E-state index in [1.165, 1.54) is 24.0 Å². The van der Waals surface area contributed by atoms with Crippen LogP contribution in [-0.2, 0) is 0 Å². The smallest absolute Gasteiger partial charge is 0.225 e. The monoisotopic (exact) mass is 446 g/mol. The quantitative estimate of drug-likeness (QED) is 0.487. The van der Waals surface area contributed by atoms with Crippen molar-refractivity contribution in [2.24, 2.45) is 5.41 Å². The molecule has 0 radical (unpaired) electrons. The Morgan fingerprint density at radius 2 is 1.72 bits per heavy atom. The maximum atomic E-state index is 6.15. The van der Waals surface area contributed by atoms with Gasteiger partial charge in [0, 0.05) is 49.3 Å². The van der Waals surface area contributed by atoms with Crippen LogP contribution in [0.15, 0.2) is 60.3 Å². The van der Waals surface area contributed by atoms with Gasteiger partial charge in [-0.3, -0.25) is 4.90 Å². The van der Waals surface area contributed by atoms with Gasteiger partial charge < -0.3 is 4.90 Å². The van der Waals surface area contributed by atoms with Gasteiger partial charge in [0.05, 0.1) is 5.52 Å². The lowest BCUT2D eigenvalue weighted by atomic mass is 9.73. The highest BCUT2D eigenvalue weighted by atomic mass is 35.5. The first-order valence-electron chi connectivity index (χ1n) is 11.6. The van der Waals surface area contributed by atoms with Gasteiger partial charge in [-0.15, -0.1) is 0 Å². The molecule has 32 heavy (non-hydrogen) atoms. The first kappa shape index (κ1) is 21.4. The molecule has 0 N–H and O–H groups in total. The maximum absolute atomic E-state index is 6.15. The van der Waals surface area contributed by atoms with E-state index in [4.69, 9.17) is 16.6 Å². The average Bonchev–Trinajstić information content (AvgIpc) is 2.80. The van der Waals surface area contributed by atoms with Crippen molar-refractivity contribution in [1.82, 2.24) is 14.9 Å². The second kappa shape index (κ2) is 8.84. The molecule has 2 aromatic carbocycles. The first-order valence-corrected chi connectivity index (χ1v) is 12.0. The zero-order valence-electron chi connectivity index (χ0n) is 19.0. The molecule has 0 spiro atoms. The van der Waals surface area contributed by atoms with E-state index >= 15 is 0 Å². The molecule has 0 atom stereocenters. The lowest BCUT2D eigenvalue weighted by molar-refractivity contribution is 0.255. The summed E-state index contributed by atoms with van der Waals surface area (Å²) in [6.07, 6.45) is 5.49. The van der Waals surface area contributed by atoms with Crippen LogP contribution in [0.2, 0.25) is 5.02 Å². The molecule has 1 aliphatic heterocycles. The van der Waals surface area contributed by atoms with Crippen LogP contribution >= 0.6 is 11.6 Å². The van der Waals surface area contributed by atoms with Crippen molar-refractivity contribution in [2.45, 2.75) is 33.1 Å². The molecule has 1 saturated heterocycles. The number of rotatable bonds is 4. The van der Waals surface area contributed by atoms with Gasteiger partial charge in [-0.05, 0) is 54.0 Å². The largest absolute Gasteiger partial charge is 0.338 e. The predicted octanol–water partition coefficient (Wildman–Crippen LogP) is 6.07. The van der Waals surface area contributed by atoms with E-state index in [9.17, 15) is 0 Å². The molecule has 0 saturated carbocycles. The molecule has 5 heteroatoms. The van der Waals surface area contributed by atoms with Gasteiger partial charge in [0.15, 0.2) is 0 Å². The number of anilines is 1. The minimum absolute atomic E-state index is 0.367. The number of fused-ring (bicyclic) bond motifs is 1. The molecule has 0 bridgehead atoms. The highest BCUT2D eigenvalue weighted by Crippen LogP contribution is 2.42. The summed E-state index contributed by atoms with van der Waals surface area (Å²) in [6, 6.07) is 16.6. The molecule has 2 heterocycles. The van der Waals surface area contributed by atoms with E-state index in [0.717, 1.165) is 61.0 Å². The predicted molar refractivity (Wildman–Crippen MR) is 134 cm³/mol. The zero-order valence-corrected chi connectivity index (χ0v) is 19.8. The van der Waals surface area contributed by atoms with Crippen LogP contribution in [0.25, 0.3) is 16.5 Å². The summed E-state index contributed by atoms with van der Waals surface area (Å²) in [5.41, 5.74) is 5.84. The fraction of sp³-hybridized carbons (Fsp3) is 0.407. The third-order valence-electron chi connectivity index (χ3n) is 6.91. The molecular weight excluding hydrogens is 416 g/mol. The van der Waals surface area contributed by atoms with Crippen LogP contribution in [0.1, 0.15) is 38.7 Å². The maximum Gasteiger partial charge on any atom is 0.225 e. The highest BCUT2D eigenvalue weighted by molar-refractivity contribution is 6.30. The van der Waals surface area contributed by atoms with E-state index in [-0.39, 0.29) is 0 Å². The van der Waals surface area contributed by atoms with Crippen molar-refractivity contribution in [3.8, 4) is 0 Å². The fourth-order valence-corrected chi connectivity index (χ4v) is 5.18. The summed E-state index contributed by atoms with van der Waals surface area (Å²) in [4.78, 5) is 14.3. The summed E-state index contributed by atoms with van der Waals surface area (Å²) in [5.74, 6) is 0.850. The first-order chi connectivity index (χ1) is 15.5. The zero-order chi connectivity index (χ0) is 22.1. The minimum atomic E-state index is 0.367. The van der Waals surface area contributed by atoms with E-state index in [2.05, 4.69) is 52.9 Å². The Bertz CT molecular complexity index is 1130. The van der Waals surface area contributed by atoms with Crippen LogP contribution in [0.4, 0.5) is 5.95 Å². The SMILES string of the molecule is CC1(C)CCC(c2ccc(Cl)cc2)=C(CN2CCN(c3ncc4ccccc4n3)CC2)C1. The highest BCUT2D eigenvalue weighted by Gasteiger charge is 2.29. The molecule has 0 amide bonds. The minimum Gasteiger partial charge on any atom is -0.338 e. The average molecular weight is 447 g/mol. The van der Waals surface area contributed by atoms with Crippen molar-refractivity contribution in [1.29, 1.82) is 0 Å². The molecule has 1 aliphatic carbocycles. The Morgan fingerprint density at radius 1 is 0.969 bits per heavy atom. The Hall–Kier alpha value is -2.43. The van der Waals surface area contributed by atoms with Gasteiger partial charge in [0.2, 0.25) is 5.95 Å². The Kier molecular flexibility index (Phi) is 5.92. The van der Waals surface area contributed by atoms with Crippen molar-refractivity contribution >= 4 is 34.0 Å². The second-order valence-corrected chi connectivity index (χ2v) is 10.4. The number of para-hydroxylation sites is 1. The Labute approximate surface area is 195 Å². The Balaban J connectivity index is 1.30. The lowest BCUT2D eigenvalue weighted by Gasteiger charge is -2.39. The molecule has 2 aliphatic rings. The summed E-state index contributed by atoms with van der Waals surface area (Å²) in [5, 5.41) is 1.90. The molecule has 3 aromatic rings. The number of benzene rings is 2. The van der Waals surface area contributed by atoms with E-state index in [0.29, 0.717) is 5.41 Å². The van der Waals surface area contributed by atoms with Crippen molar-refractivity contribution < 1.29 is 0 Å². The molecule has 1 fully saturated rings. The molecule has 0 unspecified atom stereocenters. The van der Waals surface area contributed by atoms with Gasteiger partial charge in [0.25, 0.3) is 0 Å². The van der Waals surface area contributed by atoms with Gasteiger partial charge >= 0.3 is 0 Å². The number of hydrogen-bond acceptors (Lipinski definition) is 4. The standard InChI is InChI=1S/C27H31ClN4/c1-27(2)12-11-24(20-7-9-23(28)10-8-20)22(17-27)19-31-13-15-32(16-14-31)26-29-18-21-5-3-4-6-25(21)30-26/h3-10,18H,11-17,19H2,1-2H3. The van der Waals surface area contributed by atoms with E-state index in [1.807, 2.05) is 30.5 Å². The molecule has 1 aromatic heterocycles. The fourth-order valence-electron chi connectivity index (χ4n) is 5.05. The number of aromatic nitrogens is 2. The third kappa shape index (κ3) is 4.67. The third-order valence-corrected chi connectivity index (χ3v) is 7.16. The summed E-state index contributed by atoms with van der Waals surface area (Å²) >= 11 is 6.15. The van der Waals surface area contributed by atoms with E-state index in [1.54, 1.807) is 5.57 Å². The Morgan fingerprint density at radius 3 is 2.50 bits per heavy atom. The van der Waals surface area contributed by atoms with Crippen molar-refractivity contribution in [3.05, 3.63) is 70.9 Å². The number of halogens is 1. The molecule has 166 valence electrons. The number of piperazine rings is 1. The van der Waals surface area contributed by atoms with Crippen LogP contribution in [-0.4, -0.2) is 47.6 Å². The van der Waals surface area contributed by atoms with Crippen LogP contribution in [0.5, 0.6) is 0 Å². The van der Waals surface area contributed by atoms with E-state index < -0.39 is 0 Å². The van der Waals surface area contributed by atoms with Gasteiger partial charge in [-0.25, -0.2) is 9.97 Å². The van der Waals surface area contributed by atoms with Crippen LogP contribution in [0, 0.1) is 5.41 Å². The second-order valence-electron chi connectivity index (χ2n) is 9.92. The van der Waals surface area contributed by atoms with Crippen molar-refractivity contribution in [3.63, 3.8) is 0 Å². The summed E-state index contributed by atoms with van der Waals surface area (Å²) in [7, 11) is 0. The summed E-state index contributed by atoms with van der Waals surface area (Å²) in [6.45, 7) is 9.85. The van der Waals surface area contributed by atoms with Gasteiger partial charge in [-0.2, -0.15) is 0 Å². The molecule has 5 rings (SSSR count). The van der Waals surface area contributed by atoms with Gasteiger partial charge in [0.1, 0.15) is 0 Å². The van der Waals surface area contributed by atoms with Crippen LogP contribution in [0.3, 0.4) is 0 Å². The van der Waals surface area contributed by atoms with Crippen LogP contribution < -0.4 is 4.90 Å². The van der Waals surface area contributed by atoms with Gasteiger partial charge in [-0.1, -0.05) is 61.4 Å².